The van der Waals surface area contributed by atoms with Crippen LogP contribution in [0.3, 0.4) is 0 Å². The molecule has 2 amide bonds. The number of carbonyl (C=O) groups excluding carboxylic acids is 1. The van der Waals surface area contributed by atoms with Gasteiger partial charge in [0.1, 0.15) is 0 Å². The van der Waals surface area contributed by atoms with Gasteiger partial charge in [-0.2, -0.15) is 5.10 Å². The second-order valence-electron chi connectivity index (χ2n) is 5.79. The molecule has 1 saturated carbocycles. The van der Waals surface area contributed by atoms with Crippen LogP contribution in [0.25, 0.3) is 0 Å². The number of hydrogen-bond donors (Lipinski definition) is 3. The Morgan fingerprint density at radius 1 is 1.12 bits per heavy atom. The first-order chi connectivity index (χ1) is 11.6. The summed E-state index contributed by atoms with van der Waals surface area (Å²) in [4.78, 5) is 22.6. The summed E-state index contributed by atoms with van der Waals surface area (Å²) in [6, 6.07) is 10.3. The molecule has 1 aromatic carbocycles. The quantitative estimate of drug-likeness (QED) is 0.757. The SMILES string of the molecule is O=C(O)CCc1cccc(NC(=O)Nc2ccc(C3CC3)nn2)c1. The van der Waals surface area contributed by atoms with Crippen LogP contribution in [0.2, 0.25) is 0 Å². The summed E-state index contributed by atoms with van der Waals surface area (Å²) < 4.78 is 0. The minimum Gasteiger partial charge on any atom is -0.481 e. The van der Waals surface area contributed by atoms with Crippen LogP contribution >= 0.6 is 0 Å². The molecule has 124 valence electrons. The van der Waals surface area contributed by atoms with Crippen LogP contribution in [0, 0.1) is 0 Å². The standard InChI is InChI=1S/C17H18N4O3/c22-16(23)9-4-11-2-1-3-13(10-11)18-17(24)19-15-8-7-14(20-21-15)12-5-6-12/h1-3,7-8,10,12H,4-6,9H2,(H,22,23)(H2,18,19,21,24). The van der Waals surface area contributed by atoms with Crippen LogP contribution in [0.4, 0.5) is 16.3 Å². The number of amides is 2. The number of carbonyl (C=O) groups is 2. The fourth-order valence-corrected chi connectivity index (χ4v) is 2.34. The van der Waals surface area contributed by atoms with Gasteiger partial charge in [0.05, 0.1) is 5.69 Å². The summed E-state index contributed by atoms with van der Waals surface area (Å²) in [6.07, 6.45) is 2.78. The predicted octanol–water partition coefficient (Wildman–Crippen LogP) is 3.02. The molecule has 2 aromatic rings. The molecule has 0 spiro atoms. The molecule has 24 heavy (non-hydrogen) atoms. The monoisotopic (exact) mass is 326 g/mol. The first-order valence-corrected chi connectivity index (χ1v) is 7.82. The first-order valence-electron chi connectivity index (χ1n) is 7.82. The number of anilines is 2. The van der Waals surface area contributed by atoms with Gasteiger partial charge in [-0.05, 0) is 49.1 Å². The molecule has 0 atom stereocenters. The molecule has 7 nitrogen and oxygen atoms in total. The van der Waals surface area contributed by atoms with E-state index < -0.39 is 12.0 Å². The lowest BCUT2D eigenvalue weighted by Gasteiger charge is -2.08. The Labute approximate surface area is 139 Å². The van der Waals surface area contributed by atoms with Crippen molar-refractivity contribution in [3.05, 3.63) is 47.7 Å². The molecular weight excluding hydrogens is 308 g/mol. The Balaban J connectivity index is 1.55. The lowest BCUT2D eigenvalue weighted by atomic mass is 10.1. The highest BCUT2D eigenvalue weighted by molar-refractivity contribution is 5.99. The van der Waals surface area contributed by atoms with E-state index in [2.05, 4.69) is 20.8 Å². The largest absolute Gasteiger partial charge is 0.481 e. The number of rotatable bonds is 6. The summed E-state index contributed by atoms with van der Waals surface area (Å²) >= 11 is 0. The van der Waals surface area contributed by atoms with Crippen LogP contribution in [0.15, 0.2) is 36.4 Å². The highest BCUT2D eigenvalue weighted by Crippen LogP contribution is 2.38. The summed E-state index contributed by atoms with van der Waals surface area (Å²) in [5.74, 6) is 0.0622. The van der Waals surface area contributed by atoms with E-state index in [1.165, 1.54) is 0 Å². The van der Waals surface area contributed by atoms with Gasteiger partial charge in [-0.25, -0.2) is 4.79 Å². The minimum atomic E-state index is -0.848. The number of carboxylic acids is 1. The Bertz CT molecular complexity index is 742. The minimum absolute atomic E-state index is 0.0541. The van der Waals surface area contributed by atoms with Gasteiger partial charge in [-0.3, -0.25) is 10.1 Å². The van der Waals surface area contributed by atoms with Crippen molar-refractivity contribution in [2.75, 3.05) is 10.6 Å². The topological polar surface area (TPSA) is 104 Å². The molecule has 3 rings (SSSR count). The number of nitrogens with one attached hydrogen (secondary N) is 2. The Morgan fingerprint density at radius 3 is 2.62 bits per heavy atom. The third kappa shape index (κ3) is 4.52. The van der Waals surface area contributed by atoms with Crippen molar-refractivity contribution in [3.8, 4) is 0 Å². The van der Waals surface area contributed by atoms with Gasteiger partial charge in [-0.15, -0.1) is 5.10 Å². The fourth-order valence-electron chi connectivity index (χ4n) is 2.34. The Kier molecular flexibility index (Phi) is 4.69. The maximum absolute atomic E-state index is 12.0. The van der Waals surface area contributed by atoms with Gasteiger partial charge >= 0.3 is 12.0 Å². The number of urea groups is 1. The molecule has 0 radical (unpaired) electrons. The van der Waals surface area contributed by atoms with Gasteiger partial charge in [0.2, 0.25) is 0 Å². The summed E-state index contributed by atoms with van der Waals surface area (Å²) in [7, 11) is 0. The predicted molar refractivity (Wildman–Crippen MR) is 89.0 cm³/mol. The molecule has 7 heteroatoms. The molecule has 1 aromatic heterocycles. The molecule has 1 aliphatic carbocycles. The van der Waals surface area contributed by atoms with Crippen molar-refractivity contribution in [1.82, 2.24) is 10.2 Å². The second kappa shape index (κ2) is 7.08. The van der Waals surface area contributed by atoms with Gasteiger partial charge in [0.15, 0.2) is 5.82 Å². The summed E-state index contributed by atoms with van der Waals surface area (Å²) in [5.41, 5.74) is 2.41. The van der Waals surface area contributed by atoms with Crippen LogP contribution < -0.4 is 10.6 Å². The number of hydrogen-bond acceptors (Lipinski definition) is 4. The van der Waals surface area contributed by atoms with Gasteiger partial charge in [0.25, 0.3) is 0 Å². The summed E-state index contributed by atoms with van der Waals surface area (Å²) in [5, 5.41) is 22.2. The molecule has 1 heterocycles. The third-order valence-electron chi connectivity index (χ3n) is 3.73. The molecule has 1 aliphatic rings. The maximum atomic E-state index is 12.0. The first kappa shape index (κ1) is 15.9. The van der Waals surface area contributed by atoms with Crippen molar-refractivity contribution in [1.29, 1.82) is 0 Å². The lowest BCUT2D eigenvalue weighted by Crippen LogP contribution is -2.20. The number of benzene rings is 1. The number of nitrogens with zero attached hydrogens (tertiary/aromatic N) is 2. The number of aryl methyl sites for hydroxylation is 1. The number of carboxylic acid groups (broad SMARTS) is 1. The highest BCUT2D eigenvalue weighted by atomic mass is 16.4. The van der Waals surface area contributed by atoms with Crippen molar-refractivity contribution >= 4 is 23.5 Å². The van der Waals surface area contributed by atoms with Crippen LogP contribution in [-0.2, 0) is 11.2 Å². The third-order valence-corrected chi connectivity index (χ3v) is 3.73. The van der Waals surface area contributed by atoms with Crippen LogP contribution in [0.5, 0.6) is 0 Å². The maximum Gasteiger partial charge on any atom is 0.324 e. The van der Waals surface area contributed by atoms with Crippen molar-refractivity contribution in [3.63, 3.8) is 0 Å². The molecule has 0 unspecified atom stereocenters. The van der Waals surface area contributed by atoms with E-state index in [9.17, 15) is 9.59 Å². The van der Waals surface area contributed by atoms with E-state index in [0.717, 1.165) is 24.1 Å². The van der Waals surface area contributed by atoms with E-state index in [1.807, 2.05) is 12.1 Å². The normalized spacial score (nSPS) is 13.3. The molecule has 0 aliphatic heterocycles. The zero-order valence-electron chi connectivity index (χ0n) is 13.0. The molecule has 0 saturated heterocycles. The smallest absolute Gasteiger partial charge is 0.324 e. The van der Waals surface area contributed by atoms with E-state index in [-0.39, 0.29) is 6.42 Å². The Hall–Kier alpha value is -2.96. The van der Waals surface area contributed by atoms with Gasteiger partial charge < -0.3 is 10.4 Å². The fraction of sp³-hybridized carbons (Fsp3) is 0.294. The average Bonchev–Trinajstić information content (AvgIpc) is 3.39. The molecule has 1 fully saturated rings. The van der Waals surface area contributed by atoms with Crippen molar-refractivity contribution < 1.29 is 14.7 Å². The molecule has 0 bridgehead atoms. The Morgan fingerprint density at radius 2 is 1.96 bits per heavy atom. The second-order valence-corrected chi connectivity index (χ2v) is 5.79. The van der Waals surface area contributed by atoms with E-state index >= 15 is 0 Å². The highest BCUT2D eigenvalue weighted by Gasteiger charge is 2.25. The van der Waals surface area contributed by atoms with Crippen LogP contribution in [-0.4, -0.2) is 27.3 Å². The van der Waals surface area contributed by atoms with Crippen LogP contribution in [0.1, 0.15) is 36.4 Å². The molecule has 3 N–H and O–H groups in total. The summed E-state index contributed by atoms with van der Waals surface area (Å²) in [6.45, 7) is 0. The zero-order valence-corrected chi connectivity index (χ0v) is 13.0. The number of aromatic nitrogens is 2. The van der Waals surface area contributed by atoms with E-state index in [4.69, 9.17) is 5.11 Å². The van der Waals surface area contributed by atoms with Gasteiger partial charge in [-0.1, -0.05) is 12.1 Å². The lowest BCUT2D eigenvalue weighted by molar-refractivity contribution is -0.136. The van der Waals surface area contributed by atoms with E-state index in [0.29, 0.717) is 23.8 Å². The zero-order chi connectivity index (χ0) is 16.9. The van der Waals surface area contributed by atoms with Crippen molar-refractivity contribution in [2.45, 2.75) is 31.6 Å². The van der Waals surface area contributed by atoms with E-state index in [1.54, 1.807) is 24.3 Å². The van der Waals surface area contributed by atoms with Gasteiger partial charge in [0, 0.05) is 18.0 Å². The van der Waals surface area contributed by atoms with Crippen molar-refractivity contribution in [2.24, 2.45) is 0 Å². The average molecular weight is 326 g/mol. The molecular formula is C17H18N4O3. The number of aliphatic carboxylic acids is 1.